The summed E-state index contributed by atoms with van der Waals surface area (Å²) in [7, 11) is 0. The lowest BCUT2D eigenvalue weighted by Crippen LogP contribution is -2.28. The Balaban J connectivity index is 2.65. The molecule has 0 bridgehead atoms. The molecule has 1 aliphatic rings. The van der Waals surface area contributed by atoms with Crippen molar-refractivity contribution in [2.45, 2.75) is 0 Å². The van der Waals surface area contributed by atoms with E-state index < -0.39 is 23.8 Å². The Morgan fingerprint density at radius 1 is 1.09 bits per heavy atom. The monoisotopic (exact) mass is 159 g/mol. The Kier molecular flexibility index (Phi) is 2.09. The highest BCUT2D eigenvalue weighted by Gasteiger charge is 2.37. The lowest BCUT2D eigenvalue weighted by molar-refractivity contribution is -0.151. The molecule has 5 nitrogen and oxygen atoms in total. The maximum absolute atomic E-state index is 10.4. The van der Waals surface area contributed by atoms with Crippen LogP contribution in [0.2, 0.25) is 0 Å². The van der Waals surface area contributed by atoms with Crippen LogP contribution in [0.4, 0.5) is 0 Å². The third kappa shape index (κ3) is 1.48. The van der Waals surface area contributed by atoms with E-state index in [0.29, 0.717) is 0 Å². The van der Waals surface area contributed by atoms with E-state index in [1.54, 1.807) is 0 Å². The predicted octanol–water partition coefficient (Wildman–Crippen LogP) is -1.01. The summed E-state index contributed by atoms with van der Waals surface area (Å²) in [6.07, 6.45) is 0. The Morgan fingerprint density at radius 3 is 1.73 bits per heavy atom. The first-order valence-corrected chi connectivity index (χ1v) is 3.29. The smallest absolute Gasteiger partial charge is 0.308 e. The minimum absolute atomic E-state index is 0.256. The average molecular weight is 159 g/mol. The fraction of sp³-hybridized carbons (Fsp3) is 0.667. The van der Waals surface area contributed by atoms with Gasteiger partial charge in [-0.3, -0.25) is 9.59 Å². The van der Waals surface area contributed by atoms with Crippen LogP contribution in [0.5, 0.6) is 0 Å². The summed E-state index contributed by atoms with van der Waals surface area (Å²) in [4.78, 5) is 20.8. The van der Waals surface area contributed by atoms with Crippen LogP contribution in [0, 0.1) is 11.8 Å². The standard InChI is InChI=1S/C6H9NO4/c8-5(9)3-1-7-2-4(3)6(10)11/h3-4,7H,1-2H2,(H,8,9)(H,10,11)/t3-,4?/m0/s1. The molecule has 1 saturated heterocycles. The van der Waals surface area contributed by atoms with Gasteiger partial charge < -0.3 is 15.5 Å². The van der Waals surface area contributed by atoms with E-state index in [1.807, 2.05) is 0 Å². The van der Waals surface area contributed by atoms with E-state index >= 15 is 0 Å². The molecule has 0 saturated carbocycles. The van der Waals surface area contributed by atoms with Gasteiger partial charge in [-0.05, 0) is 0 Å². The second kappa shape index (κ2) is 2.87. The van der Waals surface area contributed by atoms with Crippen molar-refractivity contribution in [2.75, 3.05) is 13.1 Å². The highest BCUT2D eigenvalue weighted by atomic mass is 16.4. The highest BCUT2D eigenvalue weighted by Crippen LogP contribution is 2.16. The summed E-state index contributed by atoms with van der Waals surface area (Å²) in [5.41, 5.74) is 0. The lowest BCUT2D eigenvalue weighted by Gasteiger charge is -2.07. The summed E-state index contributed by atoms with van der Waals surface area (Å²) in [5, 5.41) is 19.8. The third-order valence-corrected chi connectivity index (χ3v) is 1.85. The SMILES string of the molecule is O=C(O)C1CNC[C@@H]1C(=O)O. The molecule has 0 aromatic heterocycles. The van der Waals surface area contributed by atoms with Crippen LogP contribution in [-0.4, -0.2) is 35.2 Å². The van der Waals surface area contributed by atoms with Crippen LogP contribution in [0.1, 0.15) is 0 Å². The molecule has 0 aliphatic carbocycles. The molecule has 1 heterocycles. The van der Waals surface area contributed by atoms with E-state index in [0.717, 1.165) is 0 Å². The van der Waals surface area contributed by atoms with Gasteiger partial charge in [0.05, 0.1) is 11.8 Å². The van der Waals surface area contributed by atoms with Gasteiger partial charge in [0.25, 0.3) is 0 Å². The number of carboxylic acid groups (broad SMARTS) is 2. The Labute approximate surface area is 63.0 Å². The number of rotatable bonds is 2. The highest BCUT2D eigenvalue weighted by molar-refractivity contribution is 5.81. The van der Waals surface area contributed by atoms with Gasteiger partial charge in [-0.2, -0.15) is 0 Å². The molecular formula is C6H9NO4. The quantitative estimate of drug-likeness (QED) is 0.480. The summed E-state index contributed by atoms with van der Waals surface area (Å²) >= 11 is 0. The molecule has 1 aliphatic heterocycles. The minimum atomic E-state index is -1.04. The van der Waals surface area contributed by atoms with Crippen molar-refractivity contribution < 1.29 is 19.8 Å². The molecule has 3 N–H and O–H groups in total. The van der Waals surface area contributed by atoms with Gasteiger partial charge in [-0.1, -0.05) is 0 Å². The number of carbonyl (C=O) groups is 2. The maximum Gasteiger partial charge on any atom is 0.308 e. The molecule has 0 aromatic rings. The Bertz CT molecular complexity index is 171. The zero-order valence-electron chi connectivity index (χ0n) is 5.78. The number of hydrogen-bond acceptors (Lipinski definition) is 3. The van der Waals surface area contributed by atoms with Crippen LogP contribution >= 0.6 is 0 Å². The van der Waals surface area contributed by atoms with Crippen molar-refractivity contribution in [3.63, 3.8) is 0 Å². The van der Waals surface area contributed by atoms with Crippen molar-refractivity contribution in [3.8, 4) is 0 Å². The molecule has 62 valence electrons. The number of nitrogens with one attached hydrogen (secondary N) is 1. The topological polar surface area (TPSA) is 86.6 Å². The van der Waals surface area contributed by atoms with Crippen LogP contribution in [0.15, 0.2) is 0 Å². The second-order valence-corrected chi connectivity index (χ2v) is 2.55. The van der Waals surface area contributed by atoms with E-state index in [9.17, 15) is 9.59 Å². The Morgan fingerprint density at radius 2 is 1.45 bits per heavy atom. The van der Waals surface area contributed by atoms with Crippen molar-refractivity contribution in [1.82, 2.24) is 5.32 Å². The average Bonchev–Trinajstić information content (AvgIpc) is 2.32. The zero-order valence-corrected chi connectivity index (χ0v) is 5.78. The fourth-order valence-electron chi connectivity index (χ4n) is 1.20. The summed E-state index contributed by atoms with van der Waals surface area (Å²) in [5.74, 6) is -3.62. The van der Waals surface area contributed by atoms with Gasteiger partial charge in [-0.25, -0.2) is 0 Å². The van der Waals surface area contributed by atoms with E-state index in [2.05, 4.69) is 5.32 Å². The predicted molar refractivity (Wildman–Crippen MR) is 35.1 cm³/mol. The van der Waals surface area contributed by atoms with Crippen LogP contribution in [0.25, 0.3) is 0 Å². The van der Waals surface area contributed by atoms with Crippen molar-refractivity contribution >= 4 is 11.9 Å². The van der Waals surface area contributed by atoms with Crippen LogP contribution in [0.3, 0.4) is 0 Å². The fourth-order valence-corrected chi connectivity index (χ4v) is 1.20. The maximum atomic E-state index is 10.4. The lowest BCUT2D eigenvalue weighted by atomic mass is 9.97. The van der Waals surface area contributed by atoms with Crippen LogP contribution in [-0.2, 0) is 9.59 Å². The molecule has 0 aromatic carbocycles. The summed E-state index contributed by atoms with van der Waals surface area (Å²) < 4.78 is 0. The molecule has 0 radical (unpaired) electrons. The van der Waals surface area contributed by atoms with Gasteiger partial charge in [0.1, 0.15) is 0 Å². The Hall–Kier alpha value is -1.10. The number of hydrogen-bond donors (Lipinski definition) is 3. The molecule has 5 heteroatoms. The summed E-state index contributed by atoms with van der Waals surface area (Å²) in [6, 6.07) is 0. The molecular weight excluding hydrogens is 150 g/mol. The molecule has 0 amide bonds. The number of carboxylic acids is 2. The molecule has 1 fully saturated rings. The van der Waals surface area contributed by atoms with Crippen molar-refractivity contribution in [1.29, 1.82) is 0 Å². The van der Waals surface area contributed by atoms with Crippen molar-refractivity contribution in [2.24, 2.45) is 11.8 Å². The molecule has 11 heavy (non-hydrogen) atoms. The van der Waals surface area contributed by atoms with E-state index in [4.69, 9.17) is 10.2 Å². The van der Waals surface area contributed by atoms with Gasteiger partial charge in [-0.15, -0.1) is 0 Å². The molecule has 2 atom stereocenters. The first-order valence-electron chi connectivity index (χ1n) is 3.29. The largest absolute Gasteiger partial charge is 0.481 e. The minimum Gasteiger partial charge on any atom is -0.481 e. The molecule has 0 spiro atoms. The number of aliphatic carboxylic acids is 2. The van der Waals surface area contributed by atoms with Gasteiger partial charge in [0, 0.05) is 13.1 Å². The van der Waals surface area contributed by atoms with E-state index in [-0.39, 0.29) is 13.1 Å². The van der Waals surface area contributed by atoms with Gasteiger partial charge in [0.2, 0.25) is 0 Å². The van der Waals surface area contributed by atoms with Crippen LogP contribution < -0.4 is 5.32 Å². The first-order chi connectivity index (χ1) is 5.13. The normalized spacial score (nSPS) is 30.2. The second-order valence-electron chi connectivity index (χ2n) is 2.55. The molecule has 1 rings (SSSR count). The first kappa shape index (κ1) is 8.00. The van der Waals surface area contributed by atoms with Crippen molar-refractivity contribution in [3.05, 3.63) is 0 Å². The van der Waals surface area contributed by atoms with Gasteiger partial charge >= 0.3 is 11.9 Å². The van der Waals surface area contributed by atoms with E-state index in [1.165, 1.54) is 0 Å². The summed E-state index contributed by atoms with van der Waals surface area (Å²) in [6.45, 7) is 0.513. The molecule has 1 unspecified atom stereocenters. The van der Waals surface area contributed by atoms with Gasteiger partial charge in [0.15, 0.2) is 0 Å². The zero-order chi connectivity index (χ0) is 8.43. The third-order valence-electron chi connectivity index (χ3n) is 1.85.